The van der Waals surface area contributed by atoms with Gasteiger partial charge in [-0.3, -0.25) is 14.5 Å². The van der Waals surface area contributed by atoms with E-state index in [1.54, 1.807) is 0 Å². The number of benzene rings is 1. The van der Waals surface area contributed by atoms with E-state index in [9.17, 15) is 14.4 Å². The first-order chi connectivity index (χ1) is 10.1. The van der Waals surface area contributed by atoms with Gasteiger partial charge in [0.1, 0.15) is 0 Å². The van der Waals surface area contributed by atoms with Crippen LogP contribution in [0.15, 0.2) is 29.1 Å². The zero-order valence-corrected chi connectivity index (χ0v) is 10.6. The van der Waals surface area contributed by atoms with E-state index >= 15 is 0 Å². The molecule has 21 heavy (non-hydrogen) atoms. The second-order valence-electron chi connectivity index (χ2n) is 4.42. The number of nitrogens with zero attached hydrogens (tertiary/aromatic N) is 3. The molecule has 1 aliphatic heterocycles. The molecule has 0 atom stereocenters. The Balaban J connectivity index is 1.84. The fraction of sp³-hybridized carbons (Fsp3) is 0.154. The molecule has 2 heterocycles. The third-order valence-corrected chi connectivity index (χ3v) is 3.18. The van der Waals surface area contributed by atoms with E-state index in [-0.39, 0.29) is 29.7 Å². The van der Waals surface area contributed by atoms with Gasteiger partial charge in [-0.2, -0.15) is 4.98 Å². The summed E-state index contributed by atoms with van der Waals surface area (Å²) in [6.07, 6.45) is 1.44. The highest BCUT2D eigenvalue weighted by Gasteiger charge is 2.35. The molecular weight excluding hydrogens is 278 g/mol. The van der Waals surface area contributed by atoms with Gasteiger partial charge in [-0.05, 0) is 18.2 Å². The second kappa shape index (κ2) is 4.82. The predicted octanol–water partition coefficient (Wildman–Crippen LogP) is 0.607. The van der Waals surface area contributed by atoms with Crippen molar-refractivity contribution in [3.05, 3.63) is 47.1 Å². The minimum Gasteiger partial charge on any atom is -0.478 e. The van der Waals surface area contributed by atoms with Crippen molar-refractivity contribution in [1.29, 1.82) is 0 Å². The van der Waals surface area contributed by atoms with Crippen molar-refractivity contribution in [3.8, 4) is 0 Å². The molecule has 0 unspecified atom stereocenters. The number of carboxylic acid groups (broad SMARTS) is 1. The lowest BCUT2D eigenvalue weighted by Crippen LogP contribution is -2.31. The Hall–Kier alpha value is -3.03. The Labute approximate surface area is 118 Å². The maximum Gasteiger partial charge on any atom is 0.335 e. The summed E-state index contributed by atoms with van der Waals surface area (Å²) in [6, 6.07) is 3.87. The number of carbonyl (C=O) groups is 3. The molecule has 0 radical (unpaired) electrons. The Morgan fingerprint density at radius 3 is 2.67 bits per heavy atom. The van der Waals surface area contributed by atoms with E-state index in [0.717, 1.165) is 11.3 Å². The molecule has 0 aliphatic carbocycles. The van der Waals surface area contributed by atoms with Crippen LogP contribution in [0.1, 0.15) is 36.9 Å². The summed E-state index contributed by atoms with van der Waals surface area (Å²) in [5, 5.41) is 12.5. The summed E-state index contributed by atoms with van der Waals surface area (Å²) >= 11 is 0. The first kappa shape index (κ1) is 13.0. The first-order valence-corrected chi connectivity index (χ1v) is 6.06. The highest BCUT2D eigenvalue weighted by molar-refractivity contribution is 6.21. The topological polar surface area (TPSA) is 114 Å². The number of imide groups is 1. The number of carbonyl (C=O) groups excluding carboxylic acids is 2. The van der Waals surface area contributed by atoms with Gasteiger partial charge >= 0.3 is 5.97 Å². The fourth-order valence-corrected chi connectivity index (χ4v) is 2.14. The van der Waals surface area contributed by atoms with Crippen molar-refractivity contribution in [3.63, 3.8) is 0 Å². The molecule has 0 bridgehead atoms. The smallest absolute Gasteiger partial charge is 0.335 e. The van der Waals surface area contributed by atoms with Crippen LogP contribution in [0.2, 0.25) is 0 Å². The van der Waals surface area contributed by atoms with E-state index < -0.39 is 17.8 Å². The van der Waals surface area contributed by atoms with Crippen molar-refractivity contribution in [2.75, 3.05) is 6.54 Å². The molecule has 1 aromatic carbocycles. The molecule has 3 rings (SSSR count). The SMILES string of the molecule is O=C(O)c1ccc2c(c1)C(=O)N(CCc1ncon1)C2=O. The van der Waals surface area contributed by atoms with Gasteiger partial charge in [0.15, 0.2) is 5.82 Å². The van der Waals surface area contributed by atoms with Crippen LogP contribution in [0.5, 0.6) is 0 Å². The van der Waals surface area contributed by atoms with Gasteiger partial charge in [-0.15, -0.1) is 0 Å². The number of amides is 2. The quantitative estimate of drug-likeness (QED) is 0.819. The molecule has 1 N–H and O–H groups in total. The van der Waals surface area contributed by atoms with Crippen molar-refractivity contribution >= 4 is 17.8 Å². The molecule has 1 aliphatic rings. The summed E-state index contributed by atoms with van der Waals surface area (Å²) in [6.45, 7) is 0.105. The number of hydrogen-bond donors (Lipinski definition) is 1. The van der Waals surface area contributed by atoms with Crippen LogP contribution in [0.25, 0.3) is 0 Å². The molecular formula is C13H9N3O5. The van der Waals surface area contributed by atoms with Crippen LogP contribution in [0.3, 0.4) is 0 Å². The van der Waals surface area contributed by atoms with E-state index in [2.05, 4.69) is 14.7 Å². The Kier molecular flexibility index (Phi) is 2.98. The fourth-order valence-electron chi connectivity index (χ4n) is 2.14. The van der Waals surface area contributed by atoms with Gasteiger partial charge < -0.3 is 9.63 Å². The molecule has 0 saturated carbocycles. The summed E-state index contributed by atoms with van der Waals surface area (Å²) in [5.41, 5.74) is 0.279. The molecule has 1 aromatic heterocycles. The van der Waals surface area contributed by atoms with Gasteiger partial charge in [0.2, 0.25) is 6.39 Å². The number of aromatic nitrogens is 2. The van der Waals surface area contributed by atoms with Gasteiger partial charge in [0.05, 0.1) is 16.7 Å². The van der Waals surface area contributed by atoms with Crippen LogP contribution in [-0.2, 0) is 6.42 Å². The van der Waals surface area contributed by atoms with Gasteiger partial charge in [-0.25, -0.2) is 4.79 Å². The lowest BCUT2D eigenvalue weighted by atomic mass is 10.1. The highest BCUT2D eigenvalue weighted by Crippen LogP contribution is 2.24. The average Bonchev–Trinajstić information content (AvgIpc) is 3.06. The van der Waals surface area contributed by atoms with Gasteiger partial charge in [0.25, 0.3) is 11.8 Å². The lowest BCUT2D eigenvalue weighted by molar-refractivity contribution is 0.0653. The Bertz CT molecular complexity index is 738. The zero-order valence-electron chi connectivity index (χ0n) is 10.6. The largest absolute Gasteiger partial charge is 0.478 e. The summed E-state index contributed by atoms with van der Waals surface area (Å²) in [7, 11) is 0. The number of hydrogen-bond acceptors (Lipinski definition) is 6. The Morgan fingerprint density at radius 1 is 1.24 bits per heavy atom. The van der Waals surface area contributed by atoms with Crippen LogP contribution in [0, 0.1) is 0 Å². The lowest BCUT2D eigenvalue weighted by Gasteiger charge is -2.11. The first-order valence-electron chi connectivity index (χ1n) is 6.06. The molecule has 106 valence electrons. The maximum atomic E-state index is 12.2. The molecule has 8 heteroatoms. The summed E-state index contributed by atoms with van der Waals surface area (Å²) < 4.78 is 4.57. The standard InChI is InChI=1S/C13H9N3O5/c17-11-8-2-1-7(13(19)20)5-9(8)12(18)16(11)4-3-10-14-6-21-15-10/h1-2,5-6H,3-4H2,(H,19,20). The third kappa shape index (κ3) is 2.16. The number of carboxylic acids is 1. The highest BCUT2D eigenvalue weighted by atomic mass is 16.5. The monoisotopic (exact) mass is 287 g/mol. The molecule has 0 saturated heterocycles. The van der Waals surface area contributed by atoms with E-state index in [0.29, 0.717) is 5.82 Å². The van der Waals surface area contributed by atoms with Crippen LogP contribution in [0.4, 0.5) is 0 Å². The minimum absolute atomic E-state index is 0.0325. The molecule has 2 amide bonds. The number of aromatic carboxylic acids is 1. The van der Waals surface area contributed by atoms with Crippen LogP contribution >= 0.6 is 0 Å². The van der Waals surface area contributed by atoms with E-state index in [1.165, 1.54) is 18.2 Å². The van der Waals surface area contributed by atoms with E-state index in [1.807, 2.05) is 0 Å². The second-order valence-corrected chi connectivity index (χ2v) is 4.42. The van der Waals surface area contributed by atoms with Crippen molar-refractivity contribution in [2.45, 2.75) is 6.42 Å². The maximum absolute atomic E-state index is 12.2. The van der Waals surface area contributed by atoms with Crippen molar-refractivity contribution in [2.24, 2.45) is 0 Å². The zero-order chi connectivity index (χ0) is 15.0. The molecule has 0 spiro atoms. The summed E-state index contributed by atoms with van der Waals surface area (Å²) in [5.74, 6) is -1.72. The molecule has 2 aromatic rings. The normalized spacial score (nSPS) is 13.6. The molecule has 0 fully saturated rings. The van der Waals surface area contributed by atoms with Crippen LogP contribution < -0.4 is 0 Å². The third-order valence-electron chi connectivity index (χ3n) is 3.18. The van der Waals surface area contributed by atoms with Gasteiger partial charge in [-0.1, -0.05) is 5.16 Å². The van der Waals surface area contributed by atoms with Crippen LogP contribution in [-0.4, -0.2) is 44.5 Å². The van der Waals surface area contributed by atoms with Crippen molar-refractivity contribution < 1.29 is 24.0 Å². The van der Waals surface area contributed by atoms with Crippen molar-refractivity contribution in [1.82, 2.24) is 15.0 Å². The predicted molar refractivity (Wildman–Crippen MR) is 66.8 cm³/mol. The summed E-state index contributed by atoms with van der Waals surface area (Å²) in [4.78, 5) is 40.1. The Morgan fingerprint density at radius 2 is 2.00 bits per heavy atom. The number of fused-ring (bicyclic) bond motifs is 1. The van der Waals surface area contributed by atoms with E-state index in [4.69, 9.17) is 5.11 Å². The molecule has 8 nitrogen and oxygen atoms in total. The van der Waals surface area contributed by atoms with Gasteiger partial charge in [0, 0.05) is 13.0 Å². The average molecular weight is 287 g/mol. The minimum atomic E-state index is -1.15. The number of rotatable bonds is 4.